The summed E-state index contributed by atoms with van der Waals surface area (Å²) in [5, 5.41) is 1.19. The summed E-state index contributed by atoms with van der Waals surface area (Å²) in [7, 11) is 0. The summed E-state index contributed by atoms with van der Waals surface area (Å²) in [4.78, 5) is 0. The molecule has 0 aliphatic rings. The topological polar surface area (TPSA) is 26.0 Å². The summed E-state index contributed by atoms with van der Waals surface area (Å²) in [6.07, 6.45) is 0.909. The molecule has 0 bridgehead atoms. The molecule has 13 heavy (non-hydrogen) atoms. The van der Waals surface area contributed by atoms with E-state index in [0.29, 0.717) is 21.7 Å². The zero-order valence-corrected chi connectivity index (χ0v) is 9.28. The molecule has 1 aromatic rings. The van der Waals surface area contributed by atoms with E-state index in [1.54, 1.807) is 6.07 Å². The lowest BCUT2D eigenvalue weighted by Gasteiger charge is -2.10. The highest BCUT2D eigenvalue weighted by Gasteiger charge is 2.07. The van der Waals surface area contributed by atoms with Gasteiger partial charge in [0.05, 0.1) is 10.7 Å². The van der Waals surface area contributed by atoms with Gasteiger partial charge in [-0.2, -0.15) is 0 Å². The van der Waals surface area contributed by atoms with Gasteiger partial charge in [0, 0.05) is 5.02 Å². The predicted molar refractivity (Wildman–Crippen MR) is 59.4 cm³/mol. The smallest absolute Gasteiger partial charge is 0.0653 e. The van der Waals surface area contributed by atoms with Gasteiger partial charge in [0.25, 0.3) is 0 Å². The summed E-state index contributed by atoms with van der Waals surface area (Å²) in [6, 6.07) is 3.55. The van der Waals surface area contributed by atoms with Gasteiger partial charge in [-0.15, -0.1) is 0 Å². The third kappa shape index (κ3) is 2.78. The van der Waals surface area contributed by atoms with Crippen LogP contribution in [0.25, 0.3) is 0 Å². The van der Waals surface area contributed by atoms with Crippen LogP contribution < -0.4 is 5.73 Å². The third-order valence-electron chi connectivity index (χ3n) is 1.81. The minimum atomic E-state index is 0.545. The Labute approximate surface area is 88.8 Å². The molecule has 0 heterocycles. The Morgan fingerprint density at radius 1 is 1.31 bits per heavy atom. The summed E-state index contributed by atoms with van der Waals surface area (Å²) >= 11 is 11.8. The Kier molecular flexibility index (Phi) is 3.46. The lowest BCUT2D eigenvalue weighted by molar-refractivity contribution is 0.648. The zero-order valence-electron chi connectivity index (χ0n) is 7.77. The van der Waals surface area contributed by atoms with E-state index in [0.717, 1.165) is 12.0 Å². The largest absolute Gasteiger partial charge is 0.397 e. The van der Waals surface area contributed by atoms with Gasteiger partial charge < -0.3 is 5.73 Å². The van der Waals surface area contributed by atoms with E-state index in [2.05, 4.69) is 13.8 Å². The maximum atomic E-state index is 5.89. The Morgan fingerprint density at radius 2 is 1.92 bits per heavy atom. The fourth-order valence-corrected chi connectivity index (χ4v) is 1.78. The Morgan fingerprint density at radius 3 is 2.46 bits per heavy atom. The SMILES string of the molecule is CC(C)Cc1cc(Cl)cc(Cl)c1N. The van der Waals surface area contributed by atoms with Crippen molar-refractivity contribution in [3.8, 4) is 0 Å². The highest BCUT2D eigenvalue weighted by atomic mass is 35.5. The molecule has 0 fully saturated rings. The van der Waals surface area contributed by atoms with Gasteiger partial charge in [0.1, 0.15) is 0 Å². The first-order valence-corrected chi connectivity index (χ1v) is 4.99. The van der Waals surface area contributed by atoms with Crippen molar-refractivity contribution < 1.29 is 0 Å². The predicted octanol–water partition coefficient (Wildman–Crippen LogP) is 3.77. The number of rotatable bonds is 2. The van der Waals surface area contributed by atoms with Crippen LogP contribution in [0.5, 0.6) is 0 Å². The van der Waals surface area contributed by atoms with Gasteiger partial charge >= 0.3 is 0 Å². The van der Waals surface area contributed by atoms with Crippen LogP contribution in [0.1, 0.15) is 19.4 Å². The quantitative estimate of drug-likeness (QED) is 0.751. The number of nitrogens with two attached hydrogens (primary N) is 1. The molecule has 0 unspecified atom stereocenters. The van der Waals surface area contributed by atoms with Crippen LogP contribution in [0, 0.1) is 5.92 Å². The number of benzene rings is 1. The summed E-state index contributed by atoms with van der Waals surface area (Å²) in [5.74, 6) is 0.553. The molecule has 0 radical (unpaired) electrons. The van der Waals surface area contributed by atoms with Crippen molar-refractivity contribution in [3.05, 3.63) is 27.7 Å². The number of anilines is 1. The number of nitrogen functional groups attached to an aromatic ring is 1. The maximum absolute atomic E-state index is 5.89. The molecule has 0 spiro atoms. The average molecular weight is 218 g/mol. The van der Waals surface area contributed by atoms with Crippen LogP contribution in [-0.2, 0) is 6.42 Å². The van der Waals surface area contributed by atoms with Gasteiger partial charge in [-0.05, 0) is 30.0 Å². The van der Waals surface area contributed by atoms with Gasteiger partial charge in [-0.3, -0.25) is 0 Å². The first-order chi connectivity index (χ1) is 6.00. The molecule has 0 amide bonds. The molecule has 0 aliphatic carbocycles. The Hall–Kier alpha value is -0.400. The van der Waals surface area contributed by atoms with Crippen LogP contribution in [0.4, 0.5) is 5.69 Å². The molecule has 3 heteroatoms. The standard InChI is InChI=1S/C10H13Cl2N/c1-6(2)3-7-4-8(11)5-9(12)10(7)13/h4-6H,3,13H2,1-2H3. The number of hydrogen-bond donors (Lipinski definition) is 1. The zero-order chi connectivity index (χ0) is 10.0. The summed E-state index contributed by atoms with van der Waals surface area (Å²) in [6.45, 7) is 4.27. The second-order valence-electron chi connectivity index (χ2n) is 3.56. The molecule has 2 N–H and O–H groups in total. The van der Waals surface area contributed by atoms with E-state index in [4.69, 9.17) is 28.9 Å². The van der Waals surface area contributed by atoms with E-state index in [9.17, 15) is 0 Å². The summed E-state index contributed by atoms with van der Waals surface area (Å²) in [5.41, 5.74) is 7.50. The molecular formula is C10H13Cl2N. The molecule has 0 aromatic heterocycles. The van der Waals surface area contributed by atoms with Gasteiger partial charge in [-0.1, -0.05) is 37.0 Å². The first-order valence-electron chi connectivity index (χ1n) is 4.24. The van der Waals surface area contributed by atoms with Gasteiger partial charge in [-0.25, -0.2) is 0 Å². The van der Waals surface area contributed by atoms with Crippen molar-refractivity contribution in [3.63, 3.8) is 0 Å². The second-order valence-corrected chi connectivity index (χ2v) is 4.40. The van der Waals surface area contributed by atoms with Crippen LogP contribution >= 0.6 is 23.2 Å². The minimum Gasteiger partial charge on any atom is -0.397 e. The molecule has 1 rings (SSSR count). The molecule has 0 saturated carbocycles. The van der Waals surface area contributed by atoms with Crippen LogP contribution in [0.15, 0.2) is 12.1 Å². The van der Waals surface area contributed by atoms with Crippen LogP contribution in [0.3, 0.4) is 0 Å². The van der Waals surface area contributed by atoms with E-state index in [1.165, 1.54) is 0 Å². The normalized spacial score (nSPS) is 10.8. The van der Waals surface area contributed by atoms with Crippen molar-refractivity contribution in [2.24, 2.45) is 5.92 Å². The highest BCUT2D eigenvalue weighted by Crippen LogP contribution is 2.28. The van der Waals surface area contributed by atoms with E-state index >= 15 is 0 Å². The van der Waals surface area contributed by atoms with Crippen molar-refractivity contribution >= 4 is 28.9 Å². The molecule has 0 atom stereocenters. The van der Waals surface area contributed by atoms with Crippen molar-refractivity contribution in [2.75, 3.05) is 5.73 Å². The monoisotopic (exact) mass is 217 g/mol. The highest BCUT2D eigenvalue weighted by molar-refractivity contribution is 6.36. The van der Waals surface area contributed by atoms with E-state index in [-0.39, 0.29) is 0 Å². The Bertz CT molecular complexity index is 308. The van der Waals surface area contributed by atoms with Crippen molar-refractivity contribution in [1.82, 2.24) is 0 Å². The maximum Gasteiger partial charge on any atom is 0.0653 e. The van der Waals surface area contributed by atoms with Crippen molar-refractivity contribution in [2.45, 2.75) is 20.3 Å². The molecule has 0 saturated heterocycles. The lowest BCUT2D eigenvalue weighted by atomic mass is 10.0. The first kappa shape index (κ1) is 10.7. The molecule has 72 valence electrons. The fourth-order valence-electron chi connectivity index (χ4n) is 1.25. The van der Waals surface area contributed by atoms with Crippen LogP contribution in [-0.4, -0.2) is 0 Å². The number of hydrogen-bond acceptors (Lipinski definition) is 1. The molecule has 0 aliphatic heterocycles. The fraction of sp³-hybridized carbons (Fsp3) is 0.400. The summed E-state index contributed by atoms with van der Waals surface area (Å²) < 4.78 is 0. The second kappa shape index (κ2) is 4.21. The minimum absolute atomic E-state index is 0.545. The third-order valence-corrected chi connectivity index (χ3v) is 2.34. The molecular weight excluding hydrogens is 205 g/mol. The Balaban J connectivity index is 3.05. The van der Waals surface area contributed by atoms with Crippen molar-refractivity contribution in [1.29, 1.82) is 0 Å². The van der Waals surface area contributed by atoms with Gasteiger partial charge in [0.2, 0.25) is 0 Å². The number of halogens is 2. The molecule has 1 nitrogen and oxygen atoms in total. The average Bonchev–Trinajstić information content (AvgIpc) is 1.98. The lowest BCUT2D eigenvalue weighted by Crippen LogP contribution is -2.00. The van der Waals surface area contributed by atoms with Gasteiger partial charge in [0.15, 0.2) is 0 Å². The van der Waals surface area contributed by atoms with Crippen LogP contribution in [0.2, 0.25) is 10.0 Å². The van der Waals surface area contributed by atoms with E-state index in [1.807, 2.05) is 6.07 Å². The molecule has 1 aromatic carbocycles. The van der Waals surface area contributed by atoms with E-state index < -0.39 is 0 Å².